The summed E-state index contributed by atoms with van der Waals surface area (Å²) in [4.78, 5) is 19.9. The Morgan fingerprint density at radius 3 is 2.81 bits per heavy atom. The molecule has 0 spiro atoms. The number of rotatable bonds is 3. The molecule has 4 rings (SSSR count). The Morgan fingerprint density at radius 2 is 2.07 bits per heavy atom. The number of hydrogen-bond donors (Lipinski definition) is 3. The van der Waals surface area contributed by atoms with Crippen molar-refractivity contribution in [3.8, 4) is 0 Å². The van der Waals surface area contributed by atoms with E-state index in [9.17, 15) is 18.0 Å². The maximum Gasteiger partial charge on any atom is 0.453 e. The van der Waals surface area contributed by atoms with Gasteiger partial charge in [-0.1, -0.05) is 22.4 Å². The van der Waals surface area contributed by atoms with E-state index >= 15 is 0 Å². The number of H-pyrrole nitrogens is 1. The van der Waals surface area contributed by atoms with E-state index in [0.717, 1.165) is 5.52 Å². The van der Waals surface area contributed by atoms with Gasteiger partial charge in [-0.05, 0) is 19.1 Å². The van der Waals surface area contributed by atoms with Crippen molar-refractivity contribution in [2.45, 2.75) is 13.1 Å². The number of allylic oxidation sites excluding steroid dienone is 1. The minimum absolute atomic E-state index is 0.162. The number of nitrogens with zero attached hydrogens (tertiary/aromatic N) is 3. The summed E-state index contributed by atoms with van der Waals surface area (Å²) in [5, 5.41) is 9.82. The van der Waals surface area contributed by atoms with Crippen LogP contribution in [0.15, 0.2) is 45.8 Å². The summed E-state index contributed by atoms with van der Waals surface area (Å²) in [6, 6.07) is 7.27. The van der Waals surface area contributed by atoms with Crippen LogP contribution < -0.4 is 10.7 Å². The van der Waals surface area contributed by atoms with Crippen molar-refractivity contribution >= 4 is 22.7 Å². The number of nitrogens with two attached hydrogens (primary N) is 1. The van der Waals surface area contributed by atoms with E-state index in [0.29, 0.717) is 17.1 Å². The fraction of sp³-hybridized carbons (Fsp3) is 0.125. The molecule has 3 heterocycles. The van der Waals surface area contributed by atoms with Crippen molar-refractivity contribution in [3.63, 3.8) is 0 Å². The highest BCUT2D eigenvalue weighted by molar-refractivity contribution is 6.14. The number of imidazole rings is 1. The van der Waals surface area contributed by atoms with Gasteiger partial charge in [0.05, 0.1) is 16.7 Å². The van der Waals surface area contributed by atoms with E-state index in [-0.39, 0.29) is 11.4 Å². The zero-order chi connectivity index (χ0) is 19.2. The first kappa shape index (κ1) is 17.0. The predicted molar refractivity (Wildman–Crippen MR) is 86.3 cm³/mol. The number of carbonyl (C=O) groups excluding carboxylic acids is 1. The first-order chi connectivity index (χ1) is 12.8. The summed E-state index contributed by atoms with van der Waals surface area (Å²) in [5.74, 6) is -2.05. The van der Waals surface area contributed by atoms with E-state index in [1.807, 2.05) is 18.2 Å². The molecule has 3 aromatic rings. The van der Waals surface area contributed by atoms with Gasteiger partial charge in [0.1, 0.15) is 17.5 Å². The van der Waals surface area contributed by atoms with Gasteiger partial charge in [0.25, 0.3) is 11.7 Å². The number of aryl methyl sites for hydroxylation is 1. The third-order valence-corrected chi connectivity index (χ3v) is 3.91. The fourth-order valence-corrected chi connectivity index (χ4v) is 2.70. The molecule has 1 aliphatic rings. The molecule has 8 nitrogen and oxygen atoms in total. The summed E-state index contributed by atoms with van der Waals surface area (Å²) in [6.07, 6.45) is -3.36. The first-order valence-corrected chi connectivity index (χ1v) is 7.76. The lowest BCUT2D eigenvalue weighted by Gasteiger charge is -2.07. The van der Waals surface area contributed by atoms with Gasteiger partial charge in [0, 0.05) is 0 Å². The number of para-hydroxylation sites is 2. The summed E-state index contributed by atoms with van der Waals surface area (Å²) in [5.41, 5.74) is 2.58. The average Bonchev–Trinajstić information content (AvgIpc) is 3.30. The number of aromatic nitrogens is 3. The van der Waals surface area contributed by atoms with Crippen molar-refractivity contribution in [1.82, 2.24) is 20.4 Å². The molecular formula is C16H12F3N6O2+. The third-order valence-electron chi connectivity index (χ3n) is 3.91. The second kappa shape index (κ2) is 6.06. The Kier molecular flexibility index (Phi) is 3.81. The summed E-state index contributed by atoms with van der Waals surface area (Å²) < 4.78 is 43.4. The van der Waals surface area contributed by atoms with Gasteiger partial charge >= 0.3 is 6.18 Å². The smallest absolute Gasteiger partial charge is 0.351 e. The average molecular weight is 377 g/mol. The van der Waals surface area contributed by atoms with E-state index < -0.39 is 23.4 Å². The van der Waals surface area contributed by atoms with Crippen LogP contribution in [0.1, 0.15) is 27.6 Å². The van der Waals surface area contributed by atoms with Gasteiger partial charge in [-0.25, -0.2) is 4.98 Å². The van der Waals surface area contributed by atoms with Crippen molar-refractivity contribution < 1.29 is 27.9 Å². The molecule has 11 heteroatoms. The van der Waals surface area contributed by atoms with Crippen LogP contribution in [0.2, 0.25) is 0 Å². The molecule has 138 valence electrons. The number of alkyl halides is 3. The number of amides is 1. The molecular weight excluding hydrogens is 365 g/mol. The van der Waals surface area contributed by atoms with E-state index in [1.165, 1.54) is 18.5 Å². The minimum atomic E-state index is -4.83. The fourth-order valence-electron chi connectivity index (χ4n) is 2.70. The molecule has 1 amide bonds. The van der Waals surface area contributed by atoms with Crippen LogP contribution in [0.4, 0.5) is 13.2 Å². The second-order valence-electron chi connectivity index (χ2n) is 5.73. The number of hydrogen-bond acceptors (Lipinski definition) is 5. The molecule has 0 aliphatic carbocycles. The van der Waals surface area contributed by atoms with Crippen LogP contribution in [-0.4, -0.2) is 26.7 Å². The van der Waals surface area contributed by atoms with Crippen LogP contribution in [0.5, 0.6) is 0 Å². The molecule has 27 heavy (non-hydrogen) atoms. The summed E-state index contributed by atoms with van der Waals surface area (Å²) in [7, 11) is 0. The van der Waals surface area contributed by atoms with Gasteiger partial charge < -0.3 is 14.8 Å². The molecule has 0 atom stereocenters. The van der Waals surface area contributed by atoms with Gasteiger partial charge in [-0.2, -0.15) is 18.6 Å². The van der Waals surface area contributed by atoms with Crippen LogP contribution in [0.25, 0.3) is 11.0 Å². The molecule has 0 fully saturated rings. The standard InChI is InChI=1S/C16H11F3N6O2/c1-7-11(13(27-25-7)16(17,18)19)15(26)23-10-6-20-24-12(10)14-21-8-4-2-3-5-9(8)22-14/h2-6H,1H3,(H,20,24)(H,21,22)(H,23,26)/p+1. The van der Waals surface area contributed by atoms with Crippen LogP contribution in [0, 0.1) is 6.92 Å². The number of nitrogens with one attached hydrogen (secondary N) is 2. The normalized spacial score (nSPS) is 14.4. The van der Waals surface area contributed by atoms with E-state index in [2.05, 4.69) is 30.1 Å². The SMILES string of the molecule is Cc1noc(C(F)(F)F)c1C(=O)NC1=C[NH2+]N=C1c1nc2ccccc2[nH]1. The molecule has 4 N–H and O–H groups in total. The summed E-state index contributed by atoms with van der Waals surface area (Å²) >= 11 is 0. The number of benzene rings is 1. The molecule has 0 bridgehead atoms. The lowest BCUT2D eigenvalue weighted by Crippen LogP contribution is -2.69. The van der Waals surface area contributed by atoms with E-state index in [4.69, 9.17) is 0 Å². The molecule has 0 unspecified atom stereocenters. The molecule has 0 radical (unpaired) electrons. The van der Waals surface area contributed by atoms with Crippen LogP contribution in [-0.2, 0) is 6.18 Å². The van der Waals surface area contributed by atoms with Crippen molar-refractivity contribution in [1.29, 1.82) is 0 Å². The number of halogens is 3. The Hall–Kier alpha value is -3.47. The zero-order valence-corrected chi connectivity index (χ0v) is 13.8. The van der Waals surface area contributed by atoms with Crippen LogP contribution >= 0.6 is 0 Å². The Morgan fingerprint density at radius 1 is 1.30 bits per heavy atom. The summed E-state index contributed by atoms with van der Waals surface area (Å²) in [6.45, 7) is 1.26. The topological polar surface area (TPSA) is 113 Å². The zero-order valence-electron chi connectivity index (χ0n) is 13.8. The lowest BCUT2D eigenvalue weighted by molar-refractivity contribution is -0.590. The second-order valence-corrected chi connectivity index (χ2v) is 5.73. The Bertz CT molecular complexity index is 1080. The van der Waals surface area contributed by atoms with Gasteiger partial charge in [0.2, 0.25) is 0 Å². The third kappa shape index (κ3) is 2.97. The minimum Gasteiger partial charge on any atom is -0.351 e. The molecule has 0 saturated heterocycles. The van der Waals surface area contributed by atoms with Gasteiger partial charge in [-0.15, -0.1) is 0 Å². The van der Waals surface area contributed by atoms with Gasteiger partial charge in [-0.3, -0.25) is 4.79 Å². The molecule has 1 aliphatic heterocycles. The Labute approximate surface area is 149 Å². The predicted octanol–water partition coefficient (Wildman–Crippen LogP) is 1.43. The quantitative estimate of drug-likeness (QED) is 0.599. The molecule has 1 aromatic carbocycles. The van der Waals surface area contributed by atoms with Gasteiger partial charge in [0.15, 0.2) is 11.5 Å². The van der Waals surface area contributed by atoms with Crippen LogP contribution in [0.3, 0.4) is 0 Å². The monoisotopic (exact) mass is 377 g/mol. The van der Waals surface area contributed by atoms with Crippen molar-refractivity contribution in [2.75, 3.05) is 0 Å². The highest BCUT2D eigenvalue weighted by Crippen LogP contribution is 2.33. The number of aromatic amines is 1. The number of carbonyl (C=O) groups is 1. The maximum atomic E-state index is 13.0. The van der Waals surface area contributed by atoms with E-state index in [1.54, 1.807) is 6.07 Å². The van der Waals surface area contributed by atoms with Crippen molar-refractivity contribution in [3.05, 3.63) is 59.0 Å². The highest BCUT2D eigenvalue weighted by atomic mass is 19.4. The molecule has 0 saturated carbocycles. The number of fused-ring (bicyclic) bond motifs is 1. The highest BCUT2D eigenvalue weighted by Gasteiger charge is 2.42. The molecule has 2 aromatic heterocycles. The number of quaternary nitrogens is 1. The first-order valence-electron chi connectivity index (χ1n) is 7.76. The Balaban J connectivity index is 1.62. The maximum absolute atomic E-state index is 13.0. The lowest BCUT2D eigenvalue weighted by atomic mass is 10.1. The largest absolute Gasteiger partial charge is 0.453 e. The van der Waals surface area contributed by atoms with Crippen molar-refractivity contribution in [2.24, 2.45) is 5.10 Å².